The summed E-state index contributed by atoms with van der Waals surface area (Å²) in [6.45, 7) is 5.39. The largest absolute Gasteiger partial charge is 0.397 e. The summed E-state index contributed by atoms with van der Waals surface area (Å²) in [7, 11) is 0. The van der Waals surface area contributed by atoms with Crippen LogP contribution in [0, 0.1) is 18.6 Å². The van der Waals surface area contributed by atoms with Gasteiger partial charge in [0.25, 0.3) is 0 Å². The van der Waals surface area contributed by atoms with Gasteiger partial charge in [0, 0.05) is 0 Å². The van der Waals surface area contributed by atoms with Crippen molar-refractivity contribution in [3.8, 4) is 0 Å². The minimum Gasteiger partial charge on any atom is -0.397 e. The lowest BCUT2D eigenvalue weighted by molar-refractivity contribution is 0.500. The fourth-order valence-corrected chi connectivity index (χ4v) is 1.84. The Labute approximate surface area is 93.2 Å². The molecule has 2 N–H and O–H groups in total. The van der Waals surface area contributed by atoms with Crippen molar-refractivity contribution in [2.75, 3.05) is 5.73 Å². The van der Waals surface area contributed by atoms with Crippen molar-refractivity contribution >= 4 is 17.3 Å². The molecule has 0 saturated heterocycles. The zero-order valence-corrected chi connectivity index (χ0v) is 9.75. The van der Waals surface area contributed by atoms with Crippen LogP contribution in [-0.4, -0.2) is 0 Å². The van der Waals surface area contributed by atoms with Gasteiger partial charge in [0.1, 0.15) is 5.02 Å². The van der Waals surface area contributed by atoms with E-state index in [1.165, 1.54) is 6.92 Å². The number of anilines is 1. The van der Waals surface area contributed by atoms with Gasteiger partial charge in [-0.15, -0.1) is 0 Å². The van der Waals surface area contributed by atoms with Crippen LogP contribution in [0.5, 0.6) is 0 Å². The van der Waals surface area contributed by atoms with E-state index < -0.39 is 11.6 Å². The summed E-state index contributed by atoms with van der Waals surface area (Å²) in [5.74, 6) is -1.89. The summed E-state index contributed by atoms with van der Waals surface area (Å²) < 4.78 is 26.6. The van der Waals surface area contributed by atoms with Gasteiger partial charge in [-0.3, -0.25) is 0 Å². The van der Waals surface area contributed by atoms with E-state index in [1.807, 2.05) is 13.8 Å². The number of rotatable bonds is 2. The Balaban J connectivity index is 3.52. The Hall–Kier alpha value is -0.830. The van der Waals surface area contributed by atoms with Crippen molar-refractivity contribution in [3.05, 3.63) is 27.8 Å². The van der Waals surface area contributed by atoms with Crippen LogP contribution >= 0.6 is 11.6 Å². The van der Waals surface area contributed by atoms with Crippen molar-refractivity contribution in [1.29, 1.82) is 0 Å². The topological polar surface area (TPSA) is 26.0 Å². The molecule has 1 atom stereocenters. The monoisotopic (exact) mass is 233 g/mol. The molecule has 1 nitrogen and oxygen atoms in total. The quantitative estimate of drug-likeness (QED) is 0.606. The smallest absolute Gasteiger partial charge is 0.179 e. The minimum atomic E-state index is -1.06. The fourth-order valence-electron chi connectivity index (χ4n) is 1.66. The highest BCUT2D eigenvalue weighted by Crippen LogP contribution is 2.36. The van der Waals surface area contributed by atoms with Crippen LogP contribution in [0.1, 0.15) is 37.3 Å². The highest BCUT2D eigenvalue weighted by Gasteiger charge is 2.21. The summed E-state index contributed by atoms with van der Waals surface area (Å²) in [5.41, 5.74) is 6.71. The maximum Gasteiger partial charge on any atom is 0.179 e. The molecule has 0 fully saturated rings. The summed E-state index contributed by atoms with van der Waals surface area (Å²) in [6, 6.07) is 0. The number of benzene rings is 1. The molecule has 0 heterocycles. The SMILES string of the molecule is CCC(C)c1c(C)c(F)c(F)c(Cl)c1N. The second-order valence-corrected chi connectivity index (χ2v) is 4.08. The molecule has 4 heteroatoms. The highest BCUT2D eigenvalue weighted by molar-refractivity contribution is 6.33. The van der Waals surface area contributed by atoms with Crippen LogP contribution in [0.3, 0.4) is 0 Å². The number of nitrogen functional groups attached to an aromatic ring is 1. The van der Waals surface area contributed by atoms with Gasteiger partial charge in [0.05, 0.1) is 5.69 Å². The molecule has 0 aliphatic carbocycles. The molecule has 0 aliphatic rings. The maximum absolute atomic E-state index is 13.4. The second kappa shape index (κ2) is 4.35. The molecule has 1 aromatic carbocycles. The first-order chi connectivity index (χ1) is 6.91. The molecule has 84 valence electrons. The van der Waals surface area contributed by atoms with Gasteiger partial charge >= 0.3 is 0 Å². The molecule has 0 spiro atoms. The molecule has 0 aromatic heterocycles. The predicted octanol–water partition coefficient (Wildman–Crippen LogP) is 4.02. The number of halogens is 3. The van der Waals surface area contributed by atoms with E-state index >= 15 is 0 Å². The third kappa shape index (κ3) is 1.93. The van der Waals surface area contributed by atoms with Gasteiger partial charge in [0.15, 0.2) is 11.6 Å². The van der Waals surface area contributed by atoms with Crippen molar-refractivity contribution in [1.82, 2.24) is 0 Å². The molecule has 1 aromatic rings. The molecule has 0 aliphatic heterocycles. The van der Waals surface area contributed by atoms with Crippen molar-refractivity contribution in [3.63, 3.8) is 0 Å². The Morgan fingerprint density at radius 3 is 2.33 bits per heavy atom. The van der Waals surface area contributed by atoms with Gasteiger partial charge in [0.2, 0.25) is 0 Å². The van der Waals surface area contributed by atoms with Crippen LogP contribution in [-0.2, 0) is 0 Å². The lowest BCUT2D eigenvalue weighted by Gasteiger charge is -2.17. The van der Waals surface area contributed by atoms with E-state index in [4.69, 9.17) is 17.3 Å². The van der Waals surface area contributed by atoms with Crippen LogP contribution in [0.4, 0.5) is 14.5 Å². The Morgan fingerprint density at radius 2 is 1.87 bits per heavy atom. The van der Waals surface area contributed by atoms with E-state index in [-0.39, 0.29) is 22.2 Å². The first-order valence-electron chi connectivity index (χ1n) is 4.84. The molecular weight excluding hydrogens is 220 g/mol. The number of nitrogens with two attached hydrogens (primary N) is 1. The predicted molar refractivity (Wildman–Crippen MR) is 59.2 cm³/mol. The first-order valence-corrected chi connectivity index (χ1v) is 5.21. The van der Waals surface area contributed by atoms with Crippen molar-refractivity contribution in [2.24, 2.45) is 0 Å². The summed E-state index contributed by atoms with van der Waals surface area (Å²) in [4.78, 5) is 0. The third-order valence-electron chi connectivity index (χ3n) is 2.75. The van der Waals surface area contributed by atoms with Crippen LogP contribution in [0.25, 0.3) is 0 Å². The van der Waals surface area contributed by atoms with Gasteiger partial charge in [-0.2, -0.15) is 0 Å². The van der Waals surface area contributed by atoms with Gasteiger partial charge in [-0.1, -0.05) is 25.4 Å². The van der Waals surface area contributed by atoms with Crippen molar-refractivity contribution < 1.29 is 8.78 Å². The maximum atomic E-state index is 13.4. The van der Waals surface area contributed by atoms with E-state index in [0.29, 0.717) is 5.56 Å². The Morgan fingerprint density at radius 1 is 1.33 bits per heavy atom. The molecule has 1 rings (SSSR count). The zero-order valence-electron chi connectivity index (χ0n) is 9.00. The van der Waals surface area contributed by atoms with Crippen LogP contribution < -0.4 is 5.73 Å². The molecule has 1 unspecified atom stereocenters. The van der Waals surface area contributed by atoms with Crippen LogP contribution in [0.2, 0.25) is 5.02 Å². The average molecular weight is 234 g/mol. The van der Waals surface area contributed by atoms with Crippen LogP contribution in [0.15, 0.2) is 0 Å². The summed E-state index contributed by atoms with van der Waals surface area (Å²) in [6.07, 6.45) is 0.798. The lowest BCUT2D eigenvalue weighted by atomic mass is 9.92. The Bertz CT molecular complexity index is 362. The van der Waals surface area contributed by atoms with E-state index in [2.05, 4.69) is 0 Å². The number of hydrogen-bond donors (Lipinski definition) is 1. The molecular formula is C11H14ClF2N. The van der Waals surface area contributed by atoms with Crippen molar-refractivity contribution in [2.45, 2.75) is 33.1 Å². The average Bonchev–Trinajstić information content (AvgIpc) is 2.23. The second-order valence-electron chi connectivity index (χ2n) is 3.70. The standard InChI is InChI=1S/C11H14ClF2N/c1-4-5(2)7-6(3)9(13)10(14)8(12)11(7)15/h5H,4,15H2,1-3H3. The lowest BCUT2D eigenvalue weighted by Crippen LogP contribution is -2.07. The summed E-state index contributed by atoms with van der Waals surface area (Å²) >= 11 is 5.62. The van der Waals surface area contributed by atoms with E-state index in [9.17, 15) is 8.78 Å². The van der Waals surface area contributed by atoms with Gasteiger partial charge < -0.3 is 5.73 Å². The van der Waals surface area contributed by atoms with E-state index in [0.717, 1.165) is 6.42 Å². The molecule has 0 saturated carbocycles. The normalized spacial score (nSPS) is 12.9. The zero-order chi connectivity index (χ0) is 11.7. The fraction of sp³-hybridized carbons (Fsp3) is 0.455. The molecule has 0 bridgehead atoms. The number of hydrogen-bond acceptors (Lipinski definition) is 1. The first kappa shape index (κ1) is 12.2. The van der Waals surface area contributed by atoms with E-state index in [1.54, 1.807) is 0 Å². The highest BCUT2D eigenvalue weighted by atomic mass is 35.5. The third-order valence-corrected chi connectivity index (χ3v) is 3.12. The van der Waals surface area contributed by atoms with Gasteiger partial charge in [-0.05, 0) is 30.4 Å². The molecule has 0 radical (unpaired) electrons. The Kier molecular flexibility index (Phi) is 3.55. The molecule has 15 heavy (non-hydrogen) atoms. The minimum absolute atomic E-state index is 0.0672. The molecule has 0 amide bonds. The summed E-state index contributed by atoms with van der Waals surface area (Å²) in [5, 5.41) is -0.312. The van der Waals surface area contributed by atoms with Gasteiger partial charge in [-0.25, -0.2) is 8.78 Å².